The van der Waals surface area contributed by atoms with Crippen LogP contribution in [0.15, 0.2) is 18.3 Å². The number of hydrogen-bond donors (Lipinski definition) is 2. The average Bonchev–Trinajstić information content (AvgIpc) is 3.20. The van der Waals surface area contributed by atoms with Crippen LogP contribution in [0.1, 0.15) is 49.4 Å². The summed E-state index contributed by atoms with van der Waals surface area (Å²) in [4.78, 5) is 17.3. The van der Waals surface area contributed by atoms with Crippen molar-refractivity contribution in [3.05, 3.63) is 35.2 Å². The maximum absolute atomic E-state index is 13.4. The van der Waals surface area contributed by atoms with E-state index < -0.39 is 29.0 Å². The summed E-state index contributed by atoms with van der Waals surface area (Å²) >= 11 is 0. The van der Waals surface area contributed by atoms with Crippen LogP contribution in [0.5, 0.6) is 0 Å². The van der Waals surface area contributed by atoms with E-state index in [4.69, 9.17) is 0 Å². The molecule has 0 unspecified atom stereocenters. The van der Waals surface area contributed by atoms with Crippen molar-refractivity contribution >= 4 is 17.0 Å². The molecule has 12 heteroatoms. The number of unbranched alkanes of at least 4 members (excludes halogenated alkanes) is 3. The first kappa shape index (κ1) is 26.7. The molecule has 0 radical (unpaired) electrons. The van der Waals surface area contributed by atoms with Gasteiger partial charge in [0.15, 0.2) is 0 Å². The number of fused-ring (bicyclic) bond motifs is 1. The molecule has 0 saturated carbocycles. The molecule has 0 aliphatic heterocycles. The lowest BCUT2D eigenvalue weighted by atomic mass is 10.1. The lowest BCUT2D eigenvalue weighted by Crippen LogP contribution is -2.18. The number of nitrogens with one attached hydrogen (secondary N) is 2. The fourth-order valence-electron chi connectivity index (χ4n) is 3.63. The first-order chi connectivity index (χ1) is 16.4. The van der Waals surface area contributed by atoms with E-state index >= 15 is 0 Å². The normalized spacial score (nSPS) is 12.6. The van der Waals surface area contributed by atoms with E-state index in [0.717, 1.165) is 38.8 Å². The van der Waals surface area contributed by atoms with Gasteiger partial charge in [-0.1, -0.05) is 19.8 Å². The lowest BCUT2D eigenvalue weighted by molar-refractivity contribution is -0.142. The van der Waals surface area contributed by atoms with Crippen LogP contribution in [0.25, 0.3) is 22.4 Å². The average molecular weight is 503 g/mol. The quantitative estimate of drug-likeness (QED) is 0.252. The number of imidazole rings is 1. The van der Waals surface area contributed by atoms with E-state index in [-0.39, 0.29) is 17.4 Å². The highest BCUT2D eigenvalue weighted by atomic mass is 19.4. The molecule has 0 saturated heterocycles. The summed E-state index contributed by atoms with van der Waals surface area (Å²) in [5, 5.41) is 3.12. The molecule has 0 fully saturated rings. The Morgan fingerprint density at radius 1 is 0.971 bits per heavy atom. The highest BCUT2D eigenvalue weighted by molar-refractivity contribution is 5.84. The van der Waals surface area contributed by atoms with Crippen LogP contribution < -0.4 is 5.32 Å². The zero-order chi connectivity index (χ0) is 25.8. The molecule has 1 aromatic carbocycles. The van der Waals surface area contributed by atoms with Crippen LogP contribution in [-0.4, -0.2) is 51.5 Å². The monoisotopic (exact) mass is 502 g/mol. The van der Waals surface area contributed by atoms with Gasteiger partial charge >= 0.3 is 12.4 Å². The topological polar surface area (TPSA) is 69.7 Å². The van der Waals surface area contributed by atoms with E-state index in [1.807, 2.05) is 0 Å². The third-order valence-corrected chi connectivity index (χ3v) is 5.74. The van der Waals surface area contributed by atoms with Crippen molar-refractivity contribution < 1.29 is 26.3 Å². The predicted octanol–water partition coefficient (Wildman–Crippen LogP) is 6.29. The third-order valence-electron chi connectivity index (χ3n) is 5.74. The Bertz CT molecular complexity index is 1140. The van der Waals surface area contributed by atoms with Crippen LogP contribution in [-0.2, 0) is 12.4 Å². The molecule has 0 bridgehead atoms. The van der Waals surface area contributed by atoms with Gasteiger partial charge in [-0.15, -0.1) is 0 Å². The van der Waals surface area contributed by atoms with Crippen molar-refractivity contribution in [3.8, 4) is 11.4 Å². The molecule has 6 nitrogen and oxygen atoms in total. The van der Waals surface area contributed by atoms with Gasteiger partial charge in [-0.25, -0.2) is 15.0 Å². The first-order valence-corrected chi connectivity index (χ1v) is 11.3. The number of nitrogens with zero attached hydrogens (tertiary/aromatic N) is 4. The number of alkyl halides is 6. The van der Waals surface area contributed by atoms with Gasteiger partial charge in [-0.3, -0.25) is 0 Å². The molecular weight excluding hydrogens is 474 g/mol. The van der Waals surface area contributed by atoms with Crippen LogP contribution in [0, 0.1) is 6.92 Å². The standard InChI is InChI=1S/C23H28F6N6/c1-4-35(3)10-8-6-5-7-9-30-21-31-13-16(14(2)32-21)20-33-18-12-15(22(24,25)26)11-17(19(18)34-20)23(27,28)29/h11-13H,4-10H2,1-3H3,(H,33,34)(H,30,31,32). The molecule has 3 rings (SSSR count). The molecule has 3 aromatic rings. The number of anilines is 1. The summed E-state index contributed by atoms with van der Waals surface area (Å²) in [6, 6.07) is 0.693. The maximum atomic E-state index is 13.4. The molecule has 2 N–H and O–H groups in total. The Hall–Kier alpha value is -2.89. The zero-order valence-electron chi connectivity index (χ0n) is 19.7. The molecule has 2 aromatic heterocycles. The Morgan fingerprint density at radius 3 is 2.31 bits per heavy atom. The van der Waals surface area contributed by atoms with E-state index in [0.29, 0.717) is 29.8 Å². The zero-order valence-corrected chi connectivity index (χ0v) is 19.7. The van der Waals surface area contributed by atoms with E-state index in [1.165, 1.54) is 6.20 Å². The van der Waals surface area contributed by atoms with Gasteiger partial charge in [0.1, 0.15) is 11.3 Å². The number of hydrogen-bond acceptors (Lipinski definition) is 5. The second kappa shape index (κ2) is 10.8. The first-order valence-electron chi connectivity index (χ1n) is 11.3. The fourth-order valence-corrected chi connectivity index (χ4v) is 3.63. The fraction of sp³-hybridized carbons (Fsp3) is 0.522. The van der Waals surface area contributed by atoms with Crippen molar-refractivity contribution in [2.45, 2.75) is 51.9 Å². The smallest absolute Gasteiger partial charge is 0.354 e. The number of aromatic nitrogens is 4. The Labute approximate surface area is 199 Å². The highest BCUT2D eigenvalue weighted by Gasteiger charge is 2.39. The second-order valence-electron chi connectivity index (χ2n) is 8.43. The molecule has 2 heterocycles. The van der Waals surface area contributed by atoms with E-state index in [2.05, 4.69) is 44.1 Å². The molecule has 0 atom stereocenters. The lowest BCUT2D eigenvalue weighted by Gasteiger charge is -2.13. The van der Waals surface area contributed by atoms with Gasteiger partial charge in [-0.2, -0.15) is 26.3 Å². The van der Waals surface area contributed by atoms with Crippen LogP contribution >= 0.6 is 0 Å². The molecule has 35 heavy (non-hydrogen) atoms. The maximum Gasteiger partial charge on any atom is 0.418 e. The van der Waals surface area contributed by atoms with Gasteiger partial charge in [0, 0.05) is 12.7 Å². The second-order valence-corrected chi connectivity index (χ2v) is 8.43. The third kappa shape index (κ3) is 6.83. The summed E-state index contributed by atoms with van der Waals surface area (Å²) in [6.45, 7) is 6.51. The Kier molecular flexibility index (Phi) is 8.24. The van der Waals surface area contributed by atoms with Gasteiger partial charge in [0.05, 0.1) is 27.9 Å². The number of halogens is 6. The Balaban J connectivity index is 1.72. The number of aromatic amines is 1. The van der Waals surface area contributed by atoms with Crippen molar-refractivity contribution in [3.63, 3.8) is 0 Å². The molecular formula is C23H28F6N6. The SMILES string of the molecule is CCN(C)CCCCCCNc1ncc(-c2nc3c(C(F)(F)F)cc(C(F)(F)F)cc3[nH]2)c(C)n1. The van der Waals surface area contributed by atoms with Gasteiger partial charge in [-0.05, 0) is 52.0 Å². The molecule has 192 valence electrons. The number of aryl methyl sites for hydroxylation is 1. The van der Waals surface area contributed by atoms with Crippen LogP contribution in [0.2, 0.25) is 0 Å². The summed E-state index contributed by atoms with van der Waals surface area (Å²) in [7, 11) is 2.09. The summed E-state index contributed by atoms with van der Waals surface area (Å²) in [6.07, 6.45) is -4.30. The highest BCUT2D eigenvalue weighted by Crippen LogP contribution is 2.40. The number of rotatable bonds is 10. The van der Waals surface area contributed by atoms with Crippen molar-refractivity contribution in [1.29, 1.82) is 0 Å². The summed E-state index contributed by atoms with van der Waals surface area (Å²) < 4.78 is 79.7. The molecule has 0 spiro atoms. The summed E-state index contributed by atoms with van der Waals surface area (Å²) in [5.41, 5.74) is -3.09. The van der Waals surface area contributed by atoms with Crippen molar-refractivity contribution in [1.82, 2.24) is 24.8 Å². The minimum absolute atomic E-state index is 0.0362. The van der Waals surface area contributed by atoms with Crippen LogP contribution in [0.4, 0.5) is 32.3 Å². The molecule has 0 aliphatic rings. The Morgan fingerprint density at radius 2 is 1.69 bits per heavy atom. The number of H-pyrrole nitrogens is 1. The van der Waals surface area contributed by atoms with Crippen molar-refractivity contribution in [2.75, 3.05) is 32.0 Å². The van der Waals surface area contributed by atoms with Gasteiger partial charge < -0.3 is 15.2 Å². The predicted molar refractivity (Wildman–Crippen MR) is 122 cm³/mol. The van der Waals surface area contributed by atoms with Crippen LogP contribution in [0.3, 0.4) is 0 Å². The largest absolute Gasteiger partial charge is 0.418 e. The minimum Gasteiger partial charge on any atom is -0.354 e. The molecule has 0 aliphatic carbocycles. The van der Waals surface area contributed by atoms with E-state index in [9.17, 15) is 26.3 Å². The summed E-state index contributed by atoms with van der Waals surface area (Å²) in [5.74, 6) is 0.328. The van der Waals surface area contributed by atoms with Crippen molar-refractivity contribution in [2.24, 2.45) is 0 Å². The van der Waals surface area contributed by atoms with Gasteiger partial charge in [0.2, 0.25) is 5.95 Å². The number of benzene rings is 1. The molecule has 0 amide bonds. The minimum atomic E-state index is -5.00. The van der Waals surface area contributed by atoms with Gasteiger partial charge in [0.25, 0.3) is 0 Å². The van der Waals surface area contributed by atoms with E-state index in [1.54, 1.807) is 6.92 Å².